The van der Waals surface area contributed by atoms with Crippen molar-refractivity contribution in [3.63, 3.8) is 0 Å². The third-order valence-corrected chi connectivity index (χ3v) is 6.26. The molecule has 0 heterocycles. The van der Waals surface area contributed by atoms with E-state index in [1.54, 1.807) is 0 Å². The first-order chi connectivity index (χ1) is 15.6. The number of carbonyl (C=O) groups is 2. The highest BCUT2D eigenvalue weighted by atomic mass is 16.1. The van der Waals surface area contributed by atoms with Crippen LogP contribution in [0.4, 0.5) is 0 Å². The van der Waals surface area contributed by atoms with Crippen molar-refractivity contribution in [1.29, 1.82) is 0 Å². The van der Waals surface area contributed by atoms with Crippen LogP contribution in [0.2, 0.25) is 0 Å². The molecule has 0 aliphatic rings. The largest absolute Gasteiger partial charge is 0.294 e. The van der Waals surface area contributed by atoms with Crippen LogP contribution >= 0.6 is 0 Å². The molecule has 174 valence electrons. The van der Waals surface area contributed by atoms with Gasteiger partial charge in [-0.05, 0) is 36.8 Å². The fourth-order valence-corrected chi connectivity index (χ4v) is 4.11. The summed E-state index contributed by atoms with van der Waals surface area (Å²) in [4.78, 5) is 25.1. The Morgan fingerprint density at radius 3 is 1.22 bits per heavy atom. The van der Waals surface area contributed by atoms with Crippen LogP contribution in [0.3, 0.4) is 0 Å². The summed E-state index contributed by atoms with van der Waals surface area (Å²) < 4.78 is 0. The lowest BCUT2D eigenvalue weighted by molar-refractivity contribution is 0.0894. The molecular formula is C30H42O2. The lowest BCUT2D eigenvalue weighted by Crippen LogP contribution is -2.08. The van der Waals surface area contributed by atoms with E-state index >= 15 is 0 Å². The number of benzene rings is 2. The molecule has 0 atom stereocenters. The second-order valence-corrected chi connectivity index (χ2v) is 9.10. The number of aryl methyl sites for hydroxylation is 2. The fourth-order valence-electron chi connectivity index (χ4n) is 4.11. The van der Waals surface area contributed by atoms with E-state index in [0.717, 1.165) is 12.8 Å². The van der Waals surface area contributed by atoms with Gasteiger partial charge in [-0.1, -0.05) is 120 Å². The number of hydrogen-bond acceptors (Lipinski definition) is 2. The van der Waals surface area contributed by atoms with Crippen LogP contribution in [0.25, 0.3) is 0 Å². The van der Waals surface area contributed by atoms with Crippen LogP contribution in [0.1, 0.15) is 123 Å². The quantitative estimate of drug-likeness (QED) is 0.142. The maximum absolute atomic E-state index is 12.6. The Bertz CT molecular complexity index is 787. The molecule has 0 fully saturated rings. The van der Waals surface area contributed by atoms with Crippen molar-refractivity contribution < 1.29 is 9.59 Å². The highest BCUT2D eigenvalue weighted by Gasteiger charge is 2.14. The highest BCUT2D eigenvalue weighted by Crippen LogP contribution is 2.15. The van der Waals surface area contributed by atoms with E-state index in [2.05, 4.69) is 13.8 Å². The molecular weight excluding hydrogens is 392 g/mol. The second-order valence-electron chi connectivity index (χ2n) is 9.10. The van der Waals surface area contributed by atoms with Crippen LogP contribution in [0, 0.1) is 0 Å². The predicted octanol–water partition coefficient (Wildman–Crippen LogP) is 8.56. The zero-order chi connectivity index (χ0) is 23.0. The van der Waals surface area contributed by atoms with Crippen LogP contribution in [0.5, 0.6) is 0 Å². The molecule has 2 nitrogen and oxygen atoms in total. The molecule has 0 spiro atoms. The van der Waals surface area contributed by atoms with Gasteiger partial charge in [-0.3, -0.25) is 9.59 Å². The van der Waals surface area contributed by atoms with Gasteiger partial charge in [0.15, 0.2) is 11.6 Å². The summed E-state index contributed by atoms with van der Waals surface area (Å²) in [5, 5.41) is 0. The van der Waals surface area contributed by atoms with Gasteiger partial charge < -0.3 is 0 Å². The number of hydrogen-bond donors (Lipinski definition) is 0. The minimum absolute atomic E-state index is 0.0624. The minimum atomic E-state index is -0.0966. The van der Waals surface area contributed by atoms with Crippen LogP contribution in [0.15, 0.2) is 48.5 Å². The lowest BCUT2D eigenvalue weighted by atomic mass is 9.98. The summed E-state index contributed by atoms with van der Waals surface area (Å²) in [7, 11) is 0. The van der Waals surface area contributed by atoms with E-state index in [-0.39, 0.29) is 18.0 Å². The van der Waals surface area contributed by atoms with Gasteiger partial charge in [-0.15, -0.1) is 0 Å². The number of Topliss-reactive ketones (excluding diaryl/α,β-unsaturated/α-hetero) is 2. The normalized spacial score (nSPS) is 10.9. The standard InChI is InChI=1S/C30H42O2/c1-3-5-7-9-11-13-15-26-18-22-28(23-19-26)30(32)24-29(31)27-20-16-25(17-21-27)14-12-10-8-6-4-2/h16-23H,3-15,24H2,1-2H3. The third-order valence-electron chi connectivity index (χ3n) is 6.26. The second kappa shape index (κ2) is 15.6. The van der Waals surface area contributed by atoms with E-state index in [1.807, 2.05) is 48.5 Å². The molecule has 0 saturated heterocycles. The van der Waals surface area contributed by atoms with Gasteiger partial charge in [0, 0.05) is 11.1 Å². The average molecular weight is 435 g/mol. The Morgan fingerprint density at radius 2 is 0.844 bits per heavy atom. The molecule has 2 heteroatoms. The van der Waals surface area contributed by atoms with Crippen molar-refractivity contribution in [2.24, 2.45) is 0 Å². The first kappa shape index (κ1) is 26.0. The predicted molar refractivity (Wildman–Crippen MR) is 136 cm³/mol. The molecule has 2 aromatic carbocycles. The van der Waals surface area contributed by atoms with Gasteiger partial charge in [-0.25, -0.2) is 0 Å². The van der Waals surface area contributed by atoms with Crippen molar-refractivity contribution >= 4 is 11.6 Å². The molecule has 0 aromatic heterocycles. The zero-order valence-corrected chi connectivity index (χ0v) is 20.3. The molecule has 2 aromatic rings. The SMILES string of the molecule is CCCCCCCCc1ccc(C(=O)CC(=O)c2ccc(CCCCCCC)cc2)cc1. The third kappa shape index (κ3) is 9.94. The number of ketones is 2. The zero-order valence-electron chi connectivity index (χ0n) is 20.3. The van der Waals surface area contributed by atoms with E-state index in [1.165, 1.54) is 81.8 Å². The molecule has 0 bridgehead atoms. The van der Waals surface area contributed by atoms with E-state index in [4.69, 9.17) is 0 Å². The first-order valence-corrected chi connectivity index (χ1v) is 12.9. The molecule has 2 rings (SSSR count). The van der Waals surface area contributed by atoms with Crippen LogP contribution in [-0.2, 0) is 12.8 Å². The maximum Gasteiger partial charge on any atom is 0.170 e. The van der Waals surface area contributed by atoms with Crippen molar-refractivity contribution in [3.05, 3.63) is 70.8 Å². The monoisotopic (exact) mass is 434 g/mol. The van der Waals surface area contributed by atoms with Gasteiger partial charge in [0.05, 0.1) is 6.42 Å². The highest BCUT2D eigenvalue weighted by molar-refractivity contribution is 6.13. The minimum Gasteiger partial charge on any atom is -0.294 e. The smallest absolute Gasteiger partial charge is 0.170 e. The Labute approximate surface area is 195 Å². The molecule has 0 amide bonds. The summed E-state index contributed by atoms with van der Waals surface area (Å²) in [5.74, 6) is -0.193. The Morgan fingerprint density at radius 1 is 0.500 bits per heavy atom. The molecule has 0 saturated carbocycles. The number of rotatable bonds is 17. The molecule has 32 heavy (non-hydrogen) atoms. The lowest BCUT2D eigenvalue weighted by Gasteiger charge is -2.06. The molecule has 0 radical (unpaired) electrons. The molecule has 0 aliphatic heterocycles. The summed E-state index contributed by atoms with van der Waals surface area (Å²) in [5.41, 5.74) is 3.81. The van der Waals surface area contributed by atoms with Crippen LogP contribution in [-0.4, -0.2) is 11.6 Å². The summed E-state index contributed by atoms with van der Waals surface area (Å²) in [6.45, 7) is 4.47. The first-order valence-electron chi connectivity index (χ1n) is 12.9. The van der Waals surface area contributed by atoms with Crippen molar-refractivity contribution in [2.75, 3.05) is 0 Å². The van der Waals surface area contributed by atoms with E-state index < -0.39 is 0 Å². The van der Waals surface area contributed by atoms with Gasteiger partial charge in [0.1, 0.15) is 0 Å². The average Bonchev–Trinajstić information content (AvgIpc) is 2.82. The van der Waals surface area contributed by atoms with Gasteiger partial charge in [0.2, 0.25) is 0 Å². The van der Waals surface area contributed by atoms with E-state index in [9.17, 15) is 9.59 Å². The van der Waals surface area contributed by atoms with Crippen molar-refractivity contribution in [1.82, 2.24) is 0 Å². The Balaban J connectivity index is 1.75. The van der Waals surface area contributed by atoms with Gasteiger partial charge >= 0.3 is 0 Å². The molecule has 0 N–H and O–H groups in total. The summed E-state index contributed by atoms with van der Waals surface area (Å²) >= 11 is 0. The van der Waals surface area contributed by atoms with Gasteiger partial charge in [0.25, 0.3) is 0 Å². The molecule has 0 unspecified atom stereocenters. The topological polar surface area (TPSA) is 34.1 Å². The van der Waals surface area contributed by atoms with Crippen molar-refractivity contribution in [2.45, 2.75) is 104 Å². The summed E-state index contributed by atoms with van der Waals surface area (Å²) in [6.07, 6.45) is 16.1. The number of carbonyl (C=O) groups excluding carboxylic acids is 2. The van der Waals surface area contributed by atoms with E-state index in [0.29, 0.717) is 11.1 Å². The van der Waals surface area contributed by atoms with Crippen molar-refractivity contribution in [3.8, 4) is 0 Å². The molecule has 0 aliphatic carbocycles. The summed E-state index contributed by atoms with van der Waals surface area (Å²) in [6, 6.07) is 15.7. The fraction of sp³-hybridized carbons (Fsp3) is 0.533. The van der Waals surface area contributed by atoms with Crippen LogP contribution < -0.4 is 0 Å². The Kier molecular flexibility index (Phi) is 12.7. The Hall–Kier alpha value is -2.22. The maximum atomic E-state index is 12.6. The van der Waals surface area contributed by atoms with Gasteiger partial charge in [-0.2, -0.15) is 0 Å². The number of unbranched alkanes of at least 4 members (excludes halogenated alkanes) is 9.